The van der Waals surface area contributed by atoms with Crippen molar-refractivity contribution in [2.24, 2.45) is 11.3 Å². The second kappa shape index (κ2) is 4.71. The molecule has 1 aromatic rings. The first-order valence-electron chi connectivity index (χ1n) is 6.89. The summed E-state index contributed by atoms with van der Waals surface area (Å²) >= 11 is 3.30. The molecule has 0 saturated heterocycles. The van der Waals surface area contributed by atoms with Gasteiger partial charge in [-0.15, -0.1) is 0 Å². The molecule has 3 rings (SSSR count). The molecule has 0 amide bonds. The smallest absolute Gasteiger partial charge is 0.240 e. The Morgan fingerprint density at radius 3 is 2.60 bits per heavy atom. The van der Waals surface area contributed by atoms with Crippen LogP contribution in [0.4, 0.5) is 5.69 Å². The van der Waals surface area contributed by atoms with Gasteiger partial charge in [0.1, 0.15) is 0 Å². The first-order chi connectivity index (χ1) is 9.34. The molecule has 3 N–H and O–H groups in total. The molecular formula is C14H19BrN2O2S. The van der Waals surface area contributed by atoms with Crippen LogP contribution in [0.25, 0.3) is 0 Å². The third-order valence-electron chi connectivity index (χ3n) is 4.60. The third-order valence-corrected chi connectivity index (χ3v) is 6.59. The van der Waals surface area contributed by atoms with E-state index < -0.39 is 10.0 Å². The highest BCUT2D eigenvalue weighted by molar-refractivity contribution is 9.10. The van der Waals surface area contributed by atoms with Gasteiger partial charge in [0, 0.05) is 16.7 Å². The molecule has 0 bridgehead atoms. The highest BCUT2D eigenvalue weighted by Gasteiger charge is 2.53. The summed E-state index contributed by atoms with van der Waals surface area (Å²) in [5, 5.41) is 0. The summed E-state index contributed by atoms with van der Waals surface area (Å²) in [5.74, 6) is 0.735. The first-order valence-corrected chi connectivity index (χ1v) is 9.17. The molecule has 2 fully saturated rings. The quantitative estimate of drug-likeness (QED) is 0.794. The third kappa shape index (κ3) is 2.61. The van der Waals surface area contributed by atoms with Crippen LogP contribution in [-0.2, 0) is 10.0 Å². The van der Waals surface area contributed by atoms with Gasteiger partial charge in [-0.05, 0) is 61.6 Å². The zero-order chi connectivity index (χ0) is 14.5. The minimum Gasteiger partial charge on any atom is -0.398 e. The lowest BCUT2D eigenvalue weighted by molar-refractivity contribution is 0.432. The lowest BCUT2D eigenvalue weighted by Gasteiger charge is -2.17. The molecular weight excluding hydrogens is 340 g/mol. The van der Waals surface area contributed by atoms with E-state index in [0.717, 1.165) is 18.8 Å². The summed E-state index contributed by atoms with van der Waals surface area (Å²) in [6.07, 6.45) is 4.81. The number of nitrogens with one attached hydrogen (secondary N) is 1. The van der Waals surface area contributed by atoms with E-state index in [4.69, 9.17) is 5.73 Å². The van der Waals surface area contributed by atoms with Crippen LogP contribution in [-0.4, -0.2) is 15.0 Å². The van der Waals surface area contributed by atoms with Gasteiger partial charge in [-0.3, -0.25) is 0 Å². The number of halogens is 1. The van der Waals surface area contributed by atoms with Crippen LogP contribution >= 0.6 is 15.9 Å². The fourth-order valence-electron chi connectivity index (χ4n) is 2.86. The Bertz CT molecular complexity index is 649. The van der Waals surface area contributed by atoms with E-state index in [2.05, 4.69) is 20.7 Å². The van der Waals surface area contributed by atoms with E-state index in [1.54, 1.807) is 19.1 Å². The zero-order valence-corrected chi connectivity index (χ0v) is 13.9. The van der Waals surface area contributed by atoms with Crippen LogP contribution in [0.5, 0.6) is 0 Å². The van der Waals surface area contributed by atoms with E-state index in [9.17, 15) is 8.42 Å². The van der Waals surface area contributed by atoms with Crippen LogP contribution in [0, 0.1) is 18.3 Å². The predicted molar refractivity (Wildman–Crippen MR) is 82.9 cm³/mol. The Balaban J connectivity index is 1.81. The molecule has 2 aliphatic carbocycles. The summed E-state index contributed by atoms with van der Waals surface area (Å²) in [4.78, 5) is 0.274. The zero-order valence-electron chi connectivity index (χ0n) is 11.4. The van der Waals surface area contributed by atoms with Crippen molar-refractivity contribution in [2.75, 3.05) is 12.3 Å². The predicted octanol–water partition coefficient (Wildman–Crippen LogP) is 2.81. The van der Waals surface area contributed by atoms with Crippen molar-refractivity contribution >= 4 is 31.6 Å². The van der Waals surface area contributed by atoms with E-state index in [-0.39, 0.29) is 10.3 Å². The maximum absolute atomic E-state index is 12.5. The second-order valence-electron chi connectivity index (χ2n) is 6.08. The molecule has 2 saturated carbocycles. The van der Waals surface area contributed by atoms with E-state index in [1.165, 1.54) is 12.8 Å². The van der Waals surface area contributed by atoms with Gasteiger partial charge in [-0.2, -0.15) is 0 Å². The van der Waals surface area contributed by atoms with E-state index in [1.807, 2.05) is 0 Å². The van der Waals surface area contributed by atoms with Gasteiger partial charge in [0.2, 0.25) is 10.0 Å². The number of nitrogens with two attached hydrogens (primary N) is 1. The van der Waals surface area contributed by atoms with Crippen molar-refractivity contribution in [3.05, 3.63) is 22.2 Å². The number of benzene rings is 1. The summed E-state index contributed by atoms with van der Waals surface area (Å²) < 4.78 is 28.4. The average molecular weight is 359 g/mol. The summed E-state index contributed by atoms with van der Waals surface area (Å²) in [5.41, 5.74) is 7.19. The number of anilines is 1. The molecule has 0 aliphatic heterocycles. The number of nitrogen functional groups attached to an aromatic ring is 1. The molecule has 0 aromatic heterocycles. The van der Waals surface area contributed by atoms with Crippen LogP contribution < -0.4 is 10.5 Å². The monoisotopic (exact) mass is 358 g/mol. The molecule has 0 heterocycles. The lowest BCUT2D eigenvalue weighted by atomic mass is 10.0. The number of rotatable bonds is 5. The molecule has 6 heteroatoms. The molecule has 0 spiro atoms. The van der Waals surface area contributed by atoms with Gasteiger partial charge in [0.15, 0.2) is 0 Å². The minimum absolute atomic E-state index is 0.249. The summed E-state index contributed by atoms with van der Waals surface area (Å²) in [6.45, 7) is 2.30. The van der Waals surface area contributed by atoms with Gasteiger partial charge in [-0.25, -0.2) is 13.1 Å². The normalized spacial score (nSPS) is 20.9. The summed E-state index contributed by atoms with van der Waals surface area (Å²) in [6, 6.07) is 3.34. The fraction of sp³-hybridized carbons (Fsp3) is 0.571. The maximum Gasteiger partial charge on any atom is 0.240 e. The van der Waals surface area contributed by atoms with Gasteiger partial charge >= 0.3 is 0 Å². The Kier molecular flexibility index (Phi) is 3.38. The van der Waals surface area contributed by atoms with Crippen LogP contribution in [0.15, 0.2) is 21.5 Å². The highest BCUT2D eigenvalue weighted by Crippen LogP contribution is 2.60. The van der Waals surface area contributed by atoms with Crippen molar-refractivity contribution in [1.29, 1.82) is 0 Å². The van der Waals surface area contributed by atoms with Crippen molar-refractivity contribution in [3.63, 3.8) is 0 Å². The number of sulfonamides is 1. The number of hydrogen-bond donors (Lipinski definition) is 2. The molecule has 0 atom stereocenters. The van der Waals surface area contributed by atoms with Crippen molar-refractivity contribution in [1.82, 2.24) is 4.72 Å². The highest BCUT2D eigenvalue weighted by atomic mass is 79.9. The standard InChI is InChI=1S/C14H19BrN2O2S/c1-9-12(16)6-11(15)7-13(9)20(18,19)17-8-14(4-5-14)10-2-3-10/h6-7,10,17H,2-5,8,16H2,1H3. The van der Waals surface area contributed by atoms with Crippen LogP contribution in [0.1, 0.15) is 31.2 Å². The molecule has 4 nitrogen and oxygen atoms in total. The number of hydrogen-bond acceptors (Lipinski definition) is 3. The molecule has 2 aliphatic rings. The van der Waals surface area contributed by atoms with Crippen molar-refractivity contribution in [3.8, 4) is 0 Å². The van der Waals surface area contributed by atoms with E-state index in [0.29, 0.717) is 22.3 Å². The van der Waals surface area contributed by atoms with E-state index >= 15 is 0 Å². The summed E-state index contributed by atoms with van der Waals surface area (Å²) in [7, 11) is -3.49. The lowest BCUT2D eigenvalue weighted by Crippen LogP contribution is -2.31. The Morgan fingerprint density at radius 2 is 2.05 bits per heavy atom. The molecule has 0 radical (unpaired) electrons. The SMILES string of the molecule is Cc1c(N)cc(Br)cc1S(=O)(=O)NCC1(C2CC2)CC1. The van der Waals surface area contributed by atoms with Gasteiger partial charge in [0.05, 0.1) is 4.90 Å². The van der Waals surface area contributed by atoms with Crippen molar-refractivity contribution in [2.45, 2.75) is 37.5 Å². The van der Waals surface area contributed by atoms with Crippen LogP contribution in [0.2, 0.25) is 0 Å². The van der Waals surface area contributed by atoms with Gasteiger partial charge in [0.25, 0.3) is 0 Å². The molecule has 110 valence electrons. The van der Waals surface area contributed by atoms with Crippen LogP contribution in [0.3, 0.4) is 0 Å². The average Bonchev–Trinajstić information content (AvgIpc) is 3.24. The fourth-order valence-corrected chi connectivity index (χ4v) is 4.92. The van der Waals surface area contributed by atoms with Crippen molar-refractivity contribution < 1.29 is 8.42 Å². The first kappa shape index (κ1) is 14.4. The Labute approximate surface area is 128 Å². The maximum atomic E-state index is 12.5. The molecule has 0 unspecified atom stereocenters. The topological polar surface area (TPSA) is 72.2 Å². The minimum atomic E-state index is -3.49. The molecule has 20 heavy (non-hydrogen) atoms. The van der Waals surface area contributed by atoms with Gasteiger partial charge < -0.3 is 5.73 Å². The second-order valence-corrected chi connectivity index (χ2v) is 8.73. The molecule has 1 aromatic carbocycles. The Morgan fingerprint density at radius 1 is 1.40 bits per heavy atom. The Hall–Kier alpha value is -0.590. The van der Waals surface area contributed by atoms with Gasteiger partial charge in [-0.1, -0.05) is 15.9 Å². The largest absolute Gasteiger partial charge is 0.398 e.